The van der Waals surface area contributed by atoms with Gasteiger partial charge in [-0.3, -0.25) is 4.79 Å². The van der Waals surface area contributed by atoms with Crippen LogP contribution in [0.5, 0.6) is 0 Å². The normalized spacial score (nSPS) is 18.4. The van der Waals surface area contributed by atoms with Gasteiger partial charge in [0.2, 0.25) is 5.89 Å². The van der Waals surface area contributed by atoms with Crippen molar-refractivity contribution in [2.45, 2.75) is 32.6 Å². The fraction of sp³-hybridized carbons (Fsp3) is 0.471. The number of aryl methyl sites for hydroxylation is 1. The first kappa shape index (κ1) is 14.8. The summed E-state index contributed by atoms with van der Waals surface area (Å²) in [4.78, 5) is 14.6. The van der Waals surface area contributed by atoms with Crippen molar-refractivity contribution < 1.29 is 9.21 Å². The second kappa shape index (κ2) is 6.73. The largest absolute Gasteiger partial charge is 0.408 e. The Kier molecular flexibility index (Phi) is 4.51. The average molecular weight is 299 g/mol. The summed E-state index contributed by atoms with van der Waals surface area (Å²) in [5.41, 5.74) is 0.784. The lowest BCUT2D eigenvalue weighted by molar-refractivity contribution is 0.0906. The Hall–Kier alpha value is -2.17. The van der Waals surface area contributed by atoms with Gasteiger partial charge >= 0.3 is 6.01 Å². The molecule has 3 rings (SSSR count). The molecule has 1 aromatic carbocycles. The Bertz CT molecular complexity index is 624. The van der Waals surface area contributed by atoms with Gasteiger partial charge in [0.25, 0.3) is 0 Å². The molecule has 0 spiro atoms. The molecule has 0 aliphatic carbocycles. The number of carbonyl (C=O) groups excluding carboxylic acids is 1. The number of hydrogen-bond donors (Lipinski definition) is 0. The molecule has 2 heterocycles. The second-order valence-electron chi connectivity index (χ2n) is 5.74. The lowest BCUT2D eigenvalue weighted by Gasteiger charge is -2.30. The molecule has 116 valence electrons. The highest BCUT2D eigenvalue weighted by Gasteiger charge is 2.28. The minimum Gasteiger partial charge on any atom is -0.408 e. The van der Waals surface area contributed by atoms with Gasteiger partial charge in [0.05, 0.1) is 0 Å². The van der Waals surface area contributed by atoms with Crippen LogP contribution >= 0.6 is 0 Å². The highest BCUT2D eigenvalue weighted by molar-refractivity contribution is 5.98. The minimum atomic E-state index is -0.00215. The molecule has 1 atom stereocenters. The van der Waals surface area contributed by atoms with Crippen LogP contribution in [-0.4, -0.2) is 29.1 Å². The Morgan fingerprint density at radius 2 is 2.14 bits per heavy atom. The van der Waals surface area contributed by atoms with Crippen molar-refractivity contribution in [1.82, 2.24) is 10.2 Å². The zero-order valence-corrected chi connectivity index (χ0v) is 12.9. The van der Waals surface area contributed by atoms with Crippen LogP contribution in [-0.2, 0) is 6.42 Å². The predicted molar refractivity (Wildman–Crippen MR) is 84.0 cm³/mol. The highest BCUT2D eigenvalue weighted by Crippen LogP contribution is 2.25. The maximum Gasteiger partial charge on any atom is 0.318 e. The summed E-state index contributed by atoms with van der Waals surface area (Å²) in [5.74, 6) is 0.880. The average Bonchev–Trinajstić information content (AvgIpc) is 3.04. The van der Waals surface area contributed by atoms with Crippen LogP contribution in [0.3, 0.4) is 0 Å². The van der Waals surface area contributed by atoms with E-state index in [1.54, 1.807) is 0 Å². The standard InChI is InChI=1S/C17H21N3O2/c1-2-7-15-18-19-17(22-15)20-11-6-10-14(12-20)16(21)13-8-4-3-5-9-13/h3-5,8-9,14H,2,6-7,10-12H2,1H3. The number of carbonyl (C=O) groups is 1. The van der Waals surface area contributed by atoms with Crippen LogP contribution in [0, 0.1) is 5.92 Å². The van der Waals surface area contributed by atoms with Crippen LogP contribution in [0.4, 0.5) is 6.01 Å². The maximum atomic E-state index is 12.6. The highest BCUT2D eigenvalue weighted by atomic mass is 16.4. The van der Waals surface area contributed by atoms with Gasteiger partial charge in [-0.25, -0.2) is 0 Å². The topological polar surface area (TPSA) is 59.2 Å². The first-order valence-electron chi connectivity index (χ1n) is 7.94. The number of anilines is 1. The molecule has 0 amide bonds. The summed E-state index contributed by atoms with van der Waals surface area (Å²) >= 11 is 0. The molecule has 1 fully saturated rings. The number of Topliss-reactive ketones (excluding diaryl/α,β-unsaturated/α-hetero) is 1. The zero-order chi connectivity index (χ0) is 15.4. The van der Waals surface area contributed by atoms with Crippen molar-refractivity contribution >= 4 is 11.8 Å². The molecule has 1 unspecified atom stereocenters. The van der Waals surface area contributed by atoms with Crippen molar-refractivity contribution in [3.63, 3.8) is 0 Å². The van der Waals surface area contributed by atoms with Gasteiger partial charge < -0.3 is 9.32 Å². The van der Waals surface area contributed by atoms with Crippen molar-refractivity contribution in [2.24, 2.45) is 5.92 Å². The third-order valence-corrected chi connectivity index (χ3v) is 4.04. The molecule has 2 aromatic rings. The number of hydrogen-bond acceptors (Lipinski definition) is 5. The van der Waals surface area contributed by atoms with Crippen molar-refractivity contribution in [3.05, 3.63) is 41.8 Å². The van der Waals surface area contributed by atoms with Crippen molar-refractivity contribution in [2.75, 3.05) is 18.0 Å². The first-order valence-corrected chi connectivity index (χ1v) is 7.94. The van der Waals surface area contributed by atoms with Gasteiger partial charge in [-0.05, 0) is 19.3 Å². The van der Waals surface area contributed by atoms with E-state index in [9.17, 15) is 4.79 Å². The molecule has 1 saturated heterocycles. The van der Waals surface area contributed by atoms with Crippen LogP contribution < -0.4 is 4.90 Å². The number of piperidine rings is 1. The molecule has 5 nitrogen and oxygen atoms in total. The van der Waals surface area contributed by atoms with Gasteiger partial charge in [0, 0.05) is 31.0 Å². The number of rotatable bonds is 5. The van der Waals surface area contributed by atoms with Gasteiger partial charge in [-0.1, -0.05) is 42.4 Å². The Labute approximate surface area is 130 Å². The molecule has 0 bridgehead atoms. The number of benzene rings is 1. The smallest absolute Gasteiger partial charge is 0.318 e. The van der Waals surface area contributed by atoms with Gasteiger partial charge in [0.1, 0.15) is 0 Å². The zero-order valence-electron chi connectivity index (χ0n) is 12.9. The van der Waals surface area contributed by atoms with E-state index >= 15 is 0 Å². The quantitative estimate of drug-likeness (QED) is 0.794. The fourth-order valence-corrected chi connectivity index (χ4v) is 2.89. The van der Waals surface area contributed by atoms with Crippen LogP contribution in [0.1, 0.15) is 42.4 Å². The number of ketones is 1. The molecule has 1 aliphatic rings. The molecular formula is C17H21N3O2. The summed E-state index contributed by atoms with van der Waals surface area (Å²) < 4.78 is 5.69. The van der Waals surface area contributed by atoms with Gasteiger partial charge in [-0.15, -0.1) is 5.10 Å². The van der Waals surface area contributed by atoms with E-state index < -0.39 is 0 Å². The lowest BCUT2D eigenvalue weighted by atomic mass is 9.90. The third kappa shape index (κ3) is 3.18. The van der Waals surface area contributed by atoms with Gasteiger partial charge in [0.15, 0.2) is 5.78 Å². The van der Waals surface area contributed by atoms with Crippen LogP contribution in [0.2, 0.25) is 0 Å². The first-order chi connectivity index (χ1) is 10.8. The Morgan fingerprint density at radius 3 is 2.91 bits per heavy atom. The Balaban J connectivity index is 1.69. The number of nitrogens with zero attached hydrogens (tertiary/aromatic N) is 3. The monoisotopic (exact) mass is 299 g/mol. The molecule has 5 heteroatoms. The van der Waals surface area contributed by atoms with E-state index in [0.29, 0.717) is 18.5 Å². The minimum absolute atomic E-state index is 0.00215. The summed E-state index contributed by atoms with van der Waals surface area (Å²) in [6, 6.07) is 10.1. The van der Waals surface area contributed by atoms with E-state index in [1.807, 2.05) is 35.2 Å². The summed E-state index contributed by atoms with van der Waals surface area (Å²) in [5, 5.41) is 8.19. The predicted octanol–water partition coefficient (Wildman–Crippen LogP) is 3.12. The molecule has 0 saturated carbocycles. The van der Waals surface area contributed by atoms with E-state index in [2.05, 4.69) is 17.1 Å². The molecular weight excluding hydrogens is 278 g/mol. The van der Waals surface area contributed by atoms with E-state index in [-0.39, 0.29) is 11.7 Å². The second-order valence-corrected chi connectivity index (χ2v) is 5.74. The molecule has 1 aromatic heterocycles. The lowest BCUT2D eigenvalue weighted by Crippen LogP contribution is -2.39. The molecule has 0 radical (unpaired) electrons. The number of aromatic nitrogens is 2. The van der Waals surface area contributed by atoms with E-state index in [4.69, 9.17) is 4.42 Å². The van der Waals surface area contributed by atoms with Gasteiger partial charge in [-0.2, -0.15) is 0 Å². The maximum absolute atomic E-state index is 12.6. The Morgan fingerprint density at radius 1 is 1.32 bits per heavy atom. The van der Waals surface area contributed by atoms with E-state index in [0.717, 1.165) is 37.8 Å². The van der Waals surface area contributed by atoms with E-state index in [1.165, 1.54) is 0 Å². The summed E-state index contributed by atoms with van der Waals surface area (Å²) in [6.07, 6.45) is 3.67. The van der Waals surface area contributed by atoms with Crippen LogP contribution in [0.25, 0.3) is 0 Å². The molecule has 0 N–H and O–H groups in total. The SMILES string of the molecule is CCCc1nnc(N2CCCC(C(=O)c3ccccc3)C2)o1. The molecule has 22 heavy (non-hydrogen) atoms. The summed E-state index contributed by atoms with van der Waals surface area (Å²) in [6.45, 7) is 3.60. The van der Waals surface area contributed by atoms with Crippen LogP contribution in [0.15, 0.2) is 34.7 Å². The van der Waals surface area contributed by atoms with Crippen molar-refractivity contribution in [1.29, 1.82) is 0 Å². The summed E-state index contributed by atoms with van der Waals surface area (Å²) in [7, 11) is 0. The van der Waals surface area contributed by atoms with Crippen molar-refractivity contribution in [3.8, 4) is 0 Å². The molecule has 1 aliphatic heterocycles. The fourth-order valence-electron chi connectivity index (χ4n) is 2.89. The third-order valence-electron chi connectivity index (χ3n) is 4.04.